The van der Waals surface area contributed by atoms with E-state index in [1.165, 1.54) is 66.8 Å². The first-order chi connectivity index (χ1) is 32.3. The molecular formula is C64H52N2. The average molecular weight is 849 g/mol. The molecule has 0 aliphatic rings. The lowest BCUT2D eigenvalue weighted by Crippen LogP contribution is -2.10. The fraction of sp³-hybridized carbons (Fsp3) is 0.0625. The maximum Gasteiger partial charge on any atom is 0.0462 e. The van der Waals surface area contributed by atoms with Crippen molar-refractivity contribution in [3.8, 4) is 55.6 Å². The highest BCUT2D eigenvalue weighted by molar-refractivity contribution is 5.83. The fourth-order valence-corrected chi connectivity index (χ4v) is 8.70. The predicted molar refractivity (Wildman–Crippen MR) is 282 cm³/mol. The van der Waals surface area contributed by atoms with Crippen LogP contribution in [0.5, 0.6) is 0 Å². The number of hydrogen-bond donors (Lipinski definition) is 0. The van der Waals surface area contributed by atoms with Crippen molar-refractivity contribution in [2.24, 2.45) is 0 Å². The Morgan fingerprint density at radius 1 is 0.152 bits per heavy atom. The second-order valence-corrected chi connectivity index (χ2v) is 17.4. The van der Waals surface area contributed by atoms with Crippen LogP contribution < -0.4 is 9.80 Å². The second kappa shape index (κ2) is 18.5. The van der Waals surface area contributed by atoms with Crippen molar-refractivity contribution in [1.82, 2.24) is 0 Å². The molecule has 0 unspecified atom stereocenters. The van der Waals surface area contributed by atoms with Crippen molar-refractivity contribution in [2.75, 3.05) is 9.80 Å². The maximum absolute atomic E-state index is 2.34. The average Bonchev–Trinajstić information content (AvgIpc) is 3.37. The van der Waals surface area contributed by atoms with Crippen LogP contribution in [0.4, 0.5) is 34.1 Å². The summed E-state index contributed by atoms with van der Waals surface area (Å²) < 4.78 is 0. The third-order valence-corrected chi connectivity index (χ3v) is 12.6. The number of rotatable bonds is 11. The summed E-state index contributed by atoms with van der Waals surface area (Å²) in [6.07, 6.45) is 0. The standard InChI is InChI=1S/C64H52N2/c1-45-5-13-49(14-6-45)53-21-33-59(34-22-53)65(60-35-23-54(24-36-60)50-15-7-46(2)8-16-50)63-41-29-57(30-42-63)58-31-43-64(44-32-58)66(61-37-25-55(26-38-61)51-17-9-47(3)10-18-51)62-39-27-56(28-40-62)52-19-11-48(4)12-20-52/h5-44H,1-4H3. The van der Waals surface area contributed by atoms with E-state index in [0.29, 0.717) is 0 Å². The minimum atomic E-state index is 1.09. The van der Waals surface area contributed by atoms with Crippen LogP contribution in [0.2, 0.25) is 0 Å². The zero-order valence-corrected chi connectivity index (χ0v) is 38.0. The van der Waals surface area contributed by atoms with Crippen molar-refractivity contribution in [3.63, 3.8) is 0 Å². The van der Waals surface area contributed by atoms with E-state index in [9.17, 15) is 0 Å². The van der Waals surface area contributed by atoms with Gasteiger partial charge in [0.25, 0.3) is 0 Å². The van der Waals surface area contributed by atoms with Crippen LogP contribution in [0, 0.1) is 27.7 Å². The molecule has 66 heavy (non-hydrogen) atoms. The molecule has 0 heterocycles. The molecule has 10 aromatic carbocycles. The number of nitrogens with zero attached hydrogens (tertiary/aromatic N) is 2. The van der Waals surface area contributed by atoms with Gasteiger partial charge in [-0.1, -0.05) is 192 Å². The van der Waals surface area contributed by atoms with E-state index in [1.807, 2.05) is 0 Å². The Balaban J connectivity index is 0.958. The first-order valence-electron chi connectivity index (χ1n) is 22.8. The highest BCUT2D eigenvalue weighted by Gasteiger charge is 2.16. The zero-order chi connectivity index (χ0) is 45.0. The molecule has 2 heteroatoms. The summed E-state index contributed by atoms with van der Waals surface area (Å²) in [5.41, 5.74) is 23.6. The van der Waals surface area contributed by atoms with Gasteiger partial charge < -0.3 is 9.80 Å². The third kappa shape index (κ3) is 9.09. The Morgan fingerprint density at radius 3 is 0.379 bits per heavy atom. The van der Waals surface area contributed by atoms with Gasteiger partial charge in [-0.3, -0.25) is 0 Å². The topological polar surface area (TPSA) is 6.48 Å². The number of anilines is 6. The fourth-order valence-electron chi connectivity index (χ4n) is 8.70. The molecule has 0 aromatic heterocycles. The van der Waals surface area contributed by atoms with Gasteiger partial charge in [0, 0.05) is 34.1 Å². The molecule has 0 bridgehead atoms. The van der Waals surface area contributed by atoms with Crippen LogP contribution in [-0.4, -0.2) is 0 Å². The predicted octanol–water partition coefficient (Wildman–Crippen LogP) is 18.2. The Morgan fingerprint density at radius 2 is 0.258 bits per heavy atom. The molecule has 0 atom stereocenters. The van der Waals surface area contributed by atoms with E-state index in [0.717, 1.165) is 45.3 Å². The van der Waals surface area contributed by atoms with Gasteiger partial charge in [-0.05, 0) is 156 Å². The lowest BCUT2D eigenvalue weighted by molar-refractivity contribution is 1.28. The van der Waals surface area contributed by atoms with Crippen molar-refractivity contribution < 1.29 is 0 Å². The quantitative estimate of drug-likeness (QED) is 0.128. The Bertz CT molecular complexity index is 2770. The van der Waals surface area contributed by atoms with Crippen LogP contribution in [-0.2, 0) is 0 Å². The molecule has 10 rings (SSSR count). The zero-order valence-electron chi connectivity index (χ0n) is 38.0. The molecule has 0 fully saturated rings. The molecular weight excluding hydrogens is 797 g/mol. The normalized spacial score (nSPS) is 11.0. The molecule has 0 radical (unpaired) electrons. The van der Waals surface area contributed by atoms with Crippen molar-refractivity contribution in [1.29, 1.82) is 0 Å². The minimum Gasteiger partial charge on any atom is -0.311 e. The van der Waals surface area contributed by atoms with Gasteiger partial charge >= 0.3 is 0 Å². The molecule has 0 amide bonds. The largest absolute Gasteiger partial charge is 0.311 e. The number of hydrogen-bond acceptors (Lipinski definition) is 2. The molecule has 0 N–H and O–H groups in total. The van der Waals surface area contributed by atoms with Crippen LogP contribution in [0.1, 0.15) is 22.3 Å². The monoisotopic (exact) mass is 848 g/mol. The van der Waals surface area contributed by atoms with Gasteiger partial charge in [0.2, 0.25) is 0 Å². The second-order valence-electron chi connectivity index (χ2n) is 17.4. The van der Waals surface area contributed by atoms with E-state index in [4.69, 9.17) is 0 Å². The van der Waals surface area contributed by atoms with Crippen molar-refractivity contribution in [2.45, 2.75) is 27.7 Å². The lowest BCUT2D eigenvalue weighted by Gasteiger charge is -2.27. The van der Waals surface area contributed by atoms with Crippen LogP contribution in [0.15, 0.2) is 243 Å². The summed E-state index contributed by atoms with van der Waals surface area (Å²) in [5.74, 6) is 0. The number of aryl methyl sites for hydroxylation is 4. The molecule has 0 aliphatic carbocycles. The summed E-state index contributed by atoms with van der Waals surface area (Å²) in [6, 6.07) is 88.5. The van der Waals surface area contributed by atoms with E-state index in [1.54, 1.807) is 0 Å². The van der Waals surface area contributed by atoms with E-state index in [-0.39, 0.29) is 0 Å². The summed E-state index contributed by atoms with van der Waals surface area (Å²) in [7, 11) is 0. The summed E-state index contributed by atoms with van der Waals surface area (Å²) in [5, 5.41) is 0. The summed E-state index contributed by atoms with van der Waals surface area (Å²) in [4.78, 5) is 4.69. The van der Waals surface area contributed by atoms with Gasteiger partial charge in [-0.2, -0.15) is 0 Å². The van der Waals surface area contributed by atoms with Crippen LogP contribution in [0.3, 0.4) is 0 Å². The van der Waals surface area contributed by atoms with E-state index in [2.05, 4.69) is 280 Å². The Hall–Kier alpha value is -8.20. The summed E-state index contributed by atoms with van der Waals surface area (Å²) >= 11 is 0. The summed E-state index contributed by atoms with van der Waals surface area (Å²) in [6.45, 7) is 8.52. The molecule has 0 aliphatic heterocycles. The van der Waals surface area contributed by atoms with Crippen molar-refractivity contribution in [3.05, 3.63) is 265 Å². The van der Waals surface area contributed by atoms with E-state index < -0.39 is 0 Å². The first-order valence-corrected chi connectivity index (χ1v) is 22.8. The first kappa shape index (κ1) is 41.8. The van der Waals surface area contributed by atoms with Gasteiger partial charge in [0.05, 0.1) is 0 Å². The lowest BCUT2D eigenvalue weighted by atomic mass is 10.0. The van der Waals surface area contributed by atoms with Gasteiger partial charge in [0.1, 0.15) is 0 Å². The SMILES string of the molecule is Cc1ccc(-c2ccc(N(c3ccc(-c4ccc(C)cc4)cc3)c3ccc(-c4ccc(N(c5ccc(-c6ccc(C)cc6)cc5)c5ccc(-c6ccc(C)cc6)cc5)cc4)cc3)cc2)cc1. The smallest absolute Gasteiger partial charge is 0.0462 e. The van der Waals surface area contributed by atoms with Gasteiger partial charge in [0.15, 0.2) is 0 Å². The highest BCUT2D eigenvalue weighted by Crippen LogP contribution is 2.40. The van der Waals surface area contributed by atoms with Crippen molar-refractivity contribution >= 4 is 34.1 Å². The molecule has 10 aromatic rings. The Labute approximate surface area is 390 Å². The van der Waals surface area contributed by atoms with Gasteiger partial charge in [-0.25, -0.2) is 0 Å². The van der Waals surface area contributed by atoms with Gasteiger partial charge in [-0.15, -0.1) is 0 Å². The molecule has 0 spiro atoms. The van der Waals surface area contributed by atoms with Crippen LogP contribution in [0.25, 0.3) is 55.6 Å². The van der Waals surface area contributed by atoms with E-state index >= 15 is 0 Å². The Kier molecular flexibility index (Phi) is 11.7. The third-order valence-electron chi connectivity index (χ3n) is 12.6. The molecule has 0 saturated heterocycles. The van der Waals surface area contributed by atoms with Crippen LogP contribution >= 0.6 is 0 Å². The molecule has 318 valence electrons. The number of benzene rings is 10. The molecule has 2 nitrogen and oxygen atoms in total. The maximum atomic E-state index is 2.34. The highest BCUT2D eigenvalue weighted by atomic mass is 15.1. The minimum absolute atomic E-state index is 1.09. The molecule has 0 saturated carbocycles.